The summed E-state index contributed by atoms with van der Waals surface area (Å²) in [6.07, 6.45) is 1.86. The van der Waals surface area contributed by atoms with Crippen LogP contribution in [0, 0.1) is 6.92 Å². The molecule has 2 aromatic carbocycles. The number of carbonyl (C=O) groups excluding carboxylic acids is 1. The van der Waals surface area contributed by atoms with Crippen LogP contribution in [0.15, 0.2) is 48.5 Å². The van der Waals surface area contributed by atoms with E-state index >= 15 is 0 Å². The van der Waals surface area contributed by atoms with E-state index in [9.17, 15) is 4.79 Å². The number of ether oxygens (including phenoxy) is 1. The molecule has 0 saturated carbocycles. The van der Waals surface area contributed by atoms with Crippen molar-refractivity contribution < 1.29 is 9.53 Å². The third-order valence-electron chi connectivity index (χ3n) is 5.07. The molecule has 3 aromatic rings. The Labute approximate surface area is 153 Å². The van der Waals surface area contributed by atoms with E-state index in [0.29, 0.717) is 6.54 Å². The summed E-state index contributed by atoms with van der Waals surface area (Å²) in [5, 5.41) is 4.13. The number of nitrogens with zero attached hydrogens (tertiary/aromatic N) is 1. The van der Waals surface area contributed by atoms with Crippen LogP contribution in [-0.4, -0.2) is 23.1 Å². The molecule has 26 heavy (non-hydrogen) atoms. The Morgan fingerprint density at radius 1 is 1.23 bits per heavy atom. The number of rotatable bonds is 5. The van der Waals surface area contributed by atoms with Gasteiger partial charge in [-0.25, -0.2) is 0 Å². The predicted octanol–water partition coefficient (Wildman–Crippen LogP) is 4.09. The highest BCUT2D eigenvalue weighted by Gasteiger charge is 2.25. The van der Waals surface area contributed by atoms with Gasteiger partial charge in [0, 0.05) is 11.9 Å². The molecule has 1 aliphatic heterocycles. The molecule has 0 saturated heterocycles. The fraction of sp³-hybridized carbons (Fsp3) is 0.318. The van der Waals surface area contributed by atoms with Crippen LogP contribution in [0.25, 0.3) is 10.9 Å². The Bertz CT molecular complexity index is 941. The highest BCUT2D eigenvalue weighted by Crippen LogP contribution is 2.34. The maximum absolute atomic E-state index is 12.8. The molecular formula is C22H24N2O2. The van der Waals surface area contributed by atoms with Crippen molar-refractivity contribution in [3.8, 4) is 5.75 Å². The molecule has 0 aliphatic carbocycles. The van der Waals surface area contributed by atoms with Crippen molar-refractivity contribution in [2.75, 3.05) is 6.54 Å². The molecule has 1 N–H and O–H groups in total. The van der Waals surface area contributed by atoms with E-state index in [1.54, 1.807) is 0 Å². The SMILES string of the molecule is CC[C@H]1Cn2c(C(=O)NCCc3ccc(C)cc3)cc3cccc(c32)O1. The lowest BCUT2D eigenvalue weighted by Crippen LogP contribution is -2.32. The molecule has 1 amide bonds. The number of aryl methyl sites for hydroxylation is 1. The smallest absolute Gasteiger partial charge is 0.267 e. The molecule has 4 nitrogen and oxygen atoms in total. The molecule has 0 spiro atoms. The van der Waals surface area contributed by atoms with E-state index in [-0.39, 0.29) is 12.0 Å². The first-order valence-electron chi connectivity index (χ1n) is 9.28. The first kappa shape index (κ1) is 16.7. The minimum Gasteiger partial charge on any atom is -0.486 e. The average Bonchev–Trinajstić information content (AvgIpc) is 3.03. The number of hydrogen-bond acceptors (Lipinski definition) is 2. The predicted molar refractivity (Wildman–Crippen MR) is 104 cm³/mol. The van der Waals surface area contributed by atoms with Crippen LogP contribution >= 0.6 is 0 Å². The van der Waals surface area contributed by atoms with Crippen LogP contribution in [0.4, 0.5) is 0 Å². The zero-order chi connectivity index (χ0) is 18.1. The lowest BCUT2D eigenvalue weighted by Gasteiger charge is -2.26. The van der Waals surface area contributed by atoms with Crippen LogP contribution < -0.4 is 10.1 Å². The number of amides is 1. The maximum atomic E-state index is 12.8. The minimum absolute atomic E-state index is 0.0176. The maximum Gasteiger partial charge on any atom is 0.267 e. The fourth-order valence-electron chi connectivity index (χ4n) is 3.56. The van der Waals surface area contributed by atoms with E-state index in [4.69, 9.17) is 4.74 Å². The van der Waals surface area contributed by atoms with Gasteiger partial charge in [-0.2, -0.15) is 0 Å². The minimum atomic E-state index is -0.0176. The van der Waals surface area contributed by atoms with Crippen molar-refractivity contribution in [1.29, 1.82) is 0 Å². The van der Waals surface area contributed by atoms with Gasteiger partial charge >= 0.3 is 0 Å². The quantitative estimate of drug-likeness (QED) is 0.754. The molecule has 0 unspecified atom stereocenters. The Kier molecular flexibility index (Phi) is 4.41. The standard InChI is InChI=1S/C22H24N2O2/c1-3-18-14-24-19(13-17-5-4-6-20(26-18)21(17)24)22(25)23-12-11-16-9-7-15(2)8-10-16/h4-10,13,18H,3,11-12,14H2,1-2H3,(H,23,25)/t18-/m0/s1. The van der Waals surface area contributed by atoms with Crippen molar-refractivity contribution in [2.45, 2.75) is 39.3 Å². The summed E-state index contributed by atoms with van der Waals surface area (Å²) in [4.78, 5) is 12.8. The van der Waals surface area contributed by atoms with Gasteiger partial charge in [-0.1, -0.05) is 48.9 Å². The molecule has 0 bridgehead atoms. The van der Waals surface area contributed by atoms with Gasteiger partial charge in [0.05, 0.1) is 12.1 Å². The second-order valence-corrected chi connectivity index (χ2v) is 6.97. The first-order valence-corrected chi connectivity index (χ1v) is 9.28. The van der Waals surface area contributed by atoms with Crippen LogP contribution in [-0.2, 0) is 13.0 Å². The van der Waals surface area contributed by atoms with Crippen LogP contribution in [0.5, 0.6) is 5.75 Å². The molecule has 1 aliphatic rings. The third kappa shape index (κ3) is 3.07. The van der Waals surface area contributed by atoms with Crippen molar-refractivity contribution in [3.05, 3.63) is 65.4 Å². The number of benzene rings is 2. The molecule has 1 atom stereocenters. The molecule has 4 rings (SSSR count). The van der Waals surface area contributed by atoms with Gasteiger partial charge in [0.1, 0.15) is 17.5 Å². The molecule has 0 fully saturated rings. The van der Waals surface area contributed by atoms with Crippen molar-refractivity contribution in [1.82, 2.24) is 9.88 Å². The van der Waals surface area contributed by atoms with Crippen molar-refractivity contribution >= 4 is 16.8 Å². The summed E-state index contributed by atoms with van der Waals surface area (Å²) < 4.78 is 8.16. The molecule has 1 aromatic heterocycles. The van der Waals surface area contributed by atoms with Gasteiger partial charge in [0.2, 0.25) is 0 Å². The zero-order valence-corrected chi connectivity index (χ0v) is 15.3. The van der Waals surface area contributed by atoms with Crippen LogP contribution in [0.1, 0.15) is 35.0 Å². The highest BCUT2D eigenvalue weighted by molar-refractivity contribution is 6.00. The summed E-state index contributed by atoms with van der Waals surface area (Å²) in [6, 6.07) is 16.4. The zero-order valence-electron chi connectivity index (χ0n) is 15.3. The fourth-order valence-corrected chi connectivity index (χ4v) is 3.56. The van der Waals surface area contributed by atoms with Gasteiger partial charge < -0.3 is 14.6 Å². The van der Waals surface area contributed by atoms with Gasteiger partial charge in [-0.3, -0.25) is 4.79 Å². The monoisotopic (exact) mass is 348 g/mol. The van der Waals surface area contributed by atoms with Crippen molar-refractivity contribution in [3.63, 3.8) is 0 Å². The van der Waals surface area contributed by atoms with E-state index < -0.39 is 0 Å². The largest absolute Gasteiger partial charge is 0.486 e. The number of nitrogens with one attached hydrogen (secondary N) is 1. The van der Waals surface area contributed by atoms with E-state index in [0.717, 1.165) is 41.7 Å². The molecule has 134 valence electrons. The normalized spacial score (nSPS) is 15.7. The number of carbonyl (C=O) groups is 1. The Balaban J connectivity index is 1.52. The Morgan fingerprint density at radius 2 is 2.04 bits per heavy atom. The number of para-hydroxylation sites is 1. The van der Waals surface area contributed by atoms with E-state index in [1.807, 2.05) is 24.3 Å². The molecule has 2 heterocycles. The lowest BCUT2D eigenvalue weighted by molar-refractivity contribution is 0.0938. The third-order valence-corrected chi connectivity index (χ3v) is 5.07. The second-order valence-electron chi connectivity index (χ2n) is 6.97. The van der Waals surface area contributed by atoms with Gasteiger partial charge in [-0.05, 0) is 37.5 Å². The molecule has 0 radical (unpaired) electrons. The average molecular weight is 348 g/mol. The summed E-state index contributed by atoms with van der Waals surface area (Å²) >= 11 is 0. The second kappa shape index (κ2) is 6.87. The lowest BCUT2D eigenvalue weighted by atomic mass is 10.1. The Morgan fingerprint density at radius 3 is 2.81 bits per heavy atom. The van der Waals surface area contributed by atoms with Crippen LogP contribution in [0.2, 0.25) is 0 Å². The topological polar surface area (TPSA) is 43.3 Å². The van der Waals surface area contributed by atoms with E-state index in [1.165, 1.54) is 11.1 Å². The summed E-state index contributed by atoms with van der Waals surface area (Å²) in [7, 11) is 0. The molecule has 4 heteroatoms. The van der Waals surface area contributed by atoms with Gasteiger partial charge in [0.25, 0.3) is 5.91 Å². The van der Waals surface area contributed by atoms with Crippen molar-refractivity contribution in [2.24, 2.45) is 0 Å². The van der Waals surface area contributed by atoms with E-state index in [2.05, 4.69) is 48.0 Å². The Hall–Kier alpha value is -2.75. The number of hydrogen-bond donors (Lipinski definition) is 1. The highest BCUT2D eigenvalue weighted by atomic mass is 16.5. The summed E-state index contributed by atoms with van der Waals surface area (Å²) in [6.45, 7) is 5.54. The van der Waals surface area contributed by atoms with Gasteiger partial charge in [0.15, 0.2) is 0 Å². The molecular weight excluding hydrogens is 324 g/mol. The first-order chi connectivity index (χ1) is 12.7. The van der Waals surface area contributed by atoms with Crippen LogP contribution in [0.3, 0.4) is 0 Å². The number of aromatic nitrogens is 1. The van der Waals surface area contributed by atoms with Gasteiger partial charge in [-0.15, -0.1) is 0 Å². The summed E-state index contributed by atoms with van der Waals surface area (Å²) in [5.74, 6) is 0.857. The summed E-state index contributed by atoms with van der Waals surface area (Å²) in [5.41, 5.74) is 4.23.